The molecule has 1 aromatic heterocycles. The van der Waals surface area contributed by atoms with Crippen LogP contribution in [0.15, 0.2) is 41.2 Å². The Morgan fingerprint density at radius 1 is 1.00 bits per heavy atom. The number of hydrogen-bond donors (Lipinski definition) is 1. The Kier molecular flexibility index (Phi) is 5.73. The maximum Gasteiger partial charge on any atom is 0.267 e. The van der Waals surface area contributed by atoms with Crippen molar-refractivity contribution in [3.8, 4) is 11.3 Å². The van der Waals surface area contributed by atoms with Gasteiger partial charge in [0, 0.05) is 17.7 Å². The second kappa shape index (κ2) is 8.10. The molecule has 0 aliphatic heterocycles. The monoisotopic (exact) mass is 419 g/mol. The van der Waals surface area contributed by atoms with Crippen molar-refractivity contribution in [2.24, 2.45) is 0 Å². The summed E-state index contributed by atoms with van der Waals surface area (Å²) in [6.45, 7) is 5.00. The molecule has 0 aliphatic carbocycles. The van der Waals surface area contributed by atoms with E-state index in [0.29, 0.717) is 5.69 Å². The lowest BCUT2D eigenvalue weighted by Gasteiger charge is -2.16. The number of nitrogens with one attached hydrogen (secondary N) is 1. The molecule has 30 heavy (non-hydrogen) atoms. The molecule has 0 radical (unpaired) electrons. The second-order valence-electron chi connectivity index (χ2n) is 6.83. The molecule has 0 fully saturated rings. The van der Waals surface area contributed by atoms with Crippen LogP contribution in [0.5, 0.6) is 0 Å². The lowest BCUT2D eigenvalue weighted by molar-refractivity contribution is -0.119. The van der Waals surface area contributed by atoms with Crippen molar-refractivity contribution < 1.29 is 22.4 Å². The van der Waals surface area contributed by atoms with Crippen LogP contribution in [0.1, 0.15) is 24.1 Å². The van der Waals surface area contributed by atoms with Gasteiger partial charge in [-0.3, -0.25) is 9.59 Å². The fraction of sp³-hybridized carbons (Fsp3) is 0.190. The molecule has 3 rings (SSSR count). The van der Waals surface area contributed by atoms with E-state index in [2.05, 4.69) is 5.10 Å². The van der Waals surface area contributed by atoms with E-state index in [1.807, 2.05) is 32.0 Å². The van der Waals surface area contributed by atoms with Crippen molar-refractivity contribution in [2.45, 2.75) is 26.8 Å². The maximum absolute atomic E-state index is 13.8. The first-order valence-corrected chi connectivity index (χ1v) is 8.91. The smallest absolute Gasteiger partial charge is 0.267 e. The summed E-state index contributed by atoms with van der Waals surface area (Å²) >= 11 is 0. The molecule has 2 aromatic carbocycles. The molecule has 9 heteroatoms. The number of hydrogen-bond acceptors (Lipinski definition) is 3. The molecule has 1 atom stereocenters. The topological polar surface area (TPSA) is 64.0 Å². The predicted molar refractivity (Wildman–Crippen MR) is 103 cm³/mol. The van der Waals surface area contributed by atoms with E-state index >= 15 is 0 Å². The summed E-state index contributed by atoms with van der Waals surface area (Å²) in [7, 11) is 0. The van der Waals surface area contributed by atoms with Gasteiger partial charge in [0.2, 0.25) is 5.91 Å². The summed E-state index contributed by atoms with van der Waals surface area (Å²) in [5, 5.41) is 5.99. The largest absolute Gasteiger partial charge is 0.319 e. The molecule has 1 heterocycles. The zero-order valence-corrected chi connectivity index (χ0v) is 16.3. The summed E-state index contributed by atoms with van der Waals surface area (Å²) in [5.41, 5.74) is 1.07. The highest BCUT2D eigenvalue weighted by atomic mass is 19.2. The molecule has 156 valence electrons. The number of carbonyl (C=O) groups is 1. The summed E-state index contributed by atoms with van der Waals surface area (Å²) in [6, 6.07) is 7.05. The van der Waals surface area contributed by atoms with Crippen LogP contribution in [-0.4, -0.2) is 15.7 Å². The molecule has 0 spiro atoms. The lowest BCUT2D eigenvalue weighted by atomic mass is 10.0. The van der Waals surface area contributed by atoms with Crippen molar-refractivity contribution in [3.05, 3.63) is 81.1 Å². The van der Waals surface area contributed by atoms with Gasteiger partial charge >= 0.3 is 0 Å². The van der Waals surface area contributed by atoms with Gasteiger partial charge < -0.3 is 5.32 Å². The normalized spacial score (nSPS) is 12.0. The third-order valence-electron chi connectivity index (χ3n) is 4.60. The van der Waals surface area contributed by atoms with E-state index in [-0.39, 0.29) is 6.07 Å². The number of amides is 1. The summed E-state index contributed by atoms with van der Waals surface area (Å²) in [5.74, 6) is -7.91. The van der Waals surface area contributed by atoms with Gasteiger partial charge in [0.1, 0.15) is 11.7 Å². The predicted octanol–water partition coefficient (Wildman–Crippen LogP) is 4.28. The van der Waals surface area contributed by atoms with Crippen molar-refractivity contribution in [1.82, 2.24) is 9.78 Å². The van der Waals surface area contributed by atoms with Crippen molar-refractivity contribution >= 4 is 11.6 Å². The van der Waals surface area contributed by atoms with Gasteiger partial charge in [0.15, 0.2) is 23.3 Å². The minimum atomic E-state index is -1.75. The molecule has 1 amide bonds. The first-order chi connectivity index (χ1) is 14.1. The van der Waals surface area contributed by atoms with Crippen LogP contribution >= 0.6 is 0 Å². The van der Waals surface area contributed by atoms with Crippen LogP contribution in [0.4, 0.5) is 23.2 Å². The number of halogens is 4. The lowest BCUT2D eigenvalue weighted by Crippen LogP contribution is -2.33. The van der Waals surface area contributed by atoms with Gasteiger partial charge in [-0.15, -0.1) is 0 Å². The van der Waals surface area contributed by atoms with Crippen LogP contribution in [-0.2, 0) is 4.79 Å². The molecule has 0 bridgehead atoms. The van der Waals surface area contributed by atoms with Gasteiger partial charge in [-0.1, -0.05) is 17.7 Å². The van der Waals surface area contributed by atoms with Gasteiger partial charge in [-0.05, 0) is 38.5 Å². The van der Waals surface area contributed by atoms with Crippen LogP contribution in [0.3, 0.4) is 0 Å². The highest BCUT2D eigenvalue weighted by Gasteiger charge is 2.25. The number of carbonyl (C=O) groups excluding carboxylic acids is 1. The second-order valence-corrected chi connectivity index (χ2v) is 6.83. The zero-order chi connectivity index (χ0) is 22.2. The Balaban J connectivity index is 1.98. The molecule has 3 aromatic rings. The molecular weight excluding hydrogens is 402 g/mol. The molecule has 5 nitrogen and oxygen atoms in total. The molecular formula is C21H17F4N3O2. The number of nitrogens with zero attached hydrogens (tertiary/aromatic N) is 2. The van der Waals surface area contributed by atoms with Crippen LogP contribution in [0.2, 0.25) is 0 Å². The fourth-order valence-corrected chi connectivity index (χ4v) is 2.88. The highest BCUT2D eigenvalue weighted by molar-refractivity contribution is 5.93. The SMILES string of the molecule is Cc1ccc(C)c(-c2ccc(=O)n(C(C)C(=O)Nc3c(F)c(F)cc(F)c3F)n2)c1. The van der Waals surface area contributed by atoms with Gasteiger partial charge in [-0.25, -0.2) is 22.2 Å². The molecule has 1 unspecified atom stereocenters. The minimum absolute atomic E-state index is 0.0312. The van der Waals surface area contributed by atoms with Crippen LogP contribution in [0, 0.1) is 37.1 Å². The standard InChI is InChI=1S/C21H17F4N3O2/c1-10-4-5-11(2)13(8-10)16-6-7-17(29)28(27-16)12(3)21(30)26-20-18(24)14(22)9-15(23)19(20)25/h4-9,12H,1-3H3,(H,26,30). The third-order valence-corrected chi connectivity index (χ3v) is 4.60. The average Bonchev–Trinajstić information content (AvgIpc) is 2.71. The quantitative estimate of drug-likeness (QED) is 0.507. The fourth-order valence-electron chi connectivity index (χ4n) is 2.88. The van der Waals surface area contributed by atoms with Crippen molar-refractivity contribution in [1.29, 1.82) is 0 Å². The van der Waals surface area contributed by atoms with E-state index in [0.717, 1.165) is 21.4 Å². The van der Waals surface area contributed by atoms with Gasteiger partial charge in [-0.2, -0.15) is 5.10 Å². The van der Waals surface area contributed by atoms with Crippen molar-refractivity contribution in [3.63, 3.8) is 0 Å². The van der Waals surface area contributed by atoms with E-state index in [1.165, 1.54) is 19.1 Å². The Labute approximate surface area is 169 Å². The summed E-state index contributed by atoms with van der Waals surface area (Å²) < 4.78 is 55.2. The van der Waals surface area contributed by atoms with E-state index in [9.17, 15) is 27.2 Å². The van der Waals surface area contributed by atoms with Crippen molar-refractivity contribution in [2.75, 3.05) is 5.32 Å². The Hall–Kier alpha value is -3.49. The Morgan fingerprint density at radius 2 is 1.63 bits per heavy atom. The van der Waals surface area contributed by atoms with Crippen LogP contribution in [0.25, 0.3) is 11.3 Å². The molecule has 0 aliphatic rings. The van der Waals surface area contributed by atoms with E-state index in [1.54, 1.807) is 5.32 Å². The first kappa shape index (κ1) is 21.2. The highest BCUT2D eigenvalue weighted by Crippen LogP contribution is 2.25. The van der Waals surface area contributed by atoms with Gasteiger partial charge in [0.05, 0.1) is 5.69 Å². The molecule has 0 saturated heterocycles. The number of aryl methyl sites for hydroxylation is 2. The van der Waals surface area contributed by atoms with E-state index < -0.39 is 46.5 Å². The van der Waals surface area contributed by atoms with E-state index in [4.69, 9.17) is 0 Å². The minimum Gasteiger partial charge on any atom is -0.319 e. The maximum atomic E-state index is 13.8. The average molecular weight is 419 g/mol. The van der Waals surface area contributed by atoms with Gasteiger partial charge in [0.25, 0.3) is 5.56 Å². The Bertz CT molecular complexity index is 1180. The molecule has 0 saturated carbocycles. The number of aromatic nitrogens is 2. The number of anilines is 1. The summed E-state index contributed by atoms with van der Waals surface area (Å²) in [6.07, 6.45) is 0. The van der Waals surface area contributed by atoms with Crippen LogP contribution < -0.4 is 10.9 Å². The Morgan fingerprint density at radius 3 is 2.27 bits per heavy atom. The third kappa shape index (κ3) is 3.96. The summed E-state index contributed by atoms with van der Waals surface area (Å²) in [4.78, 5) is 24.7. The first-order valence-electron chi connectivity index (χ1n) is 8.91. The zero-order valence-electron chi connectivity index (χ0n) is 16.3. The number of benzene rings is 2. The number of rotatable bonds is 4. The molecule has 1 N–H and O–H groups in total.